The number of hydrogen-bond donors (Lipinski definition) is 2. The molecule has 7 nitrogen and oxygen atoms in total. The van der Waals surface area contributed by atoms with Gasteiger partial charge in [-0.15, -0.1) is 0 Å². The minimum atomic E-state index is -0.839. The number of carboxylic acid groups (broad SMARTS) is 1. The van der Waals surface area contributed by atoms with E-state index in [2.05, 4.69) is 0 Å². The van der Waals surface area contributed by atoms with Gasteiger partial charge in [-0.25, -0.2) is 4.79 Å². The number of aliphatic hydroxyl groups is 1. The highest BCUT2D eigenvalue weighted by molar-refractivity contribution is 5.79. The molecule has 0 spiro atoms. The number of aliphatic carboxylic acids is 1. The maximum atomic E-state index is 12.4. The van der Waals surface area contributed by atoms with Crippen LogP contribution in [0.5, 0.6) is 0 Å². The third kappa shape index (κ3) is 3.65. The second-order valence-corrected chi connectivity index (χ2v) is 6.10. The molecule has 2 fully saturated rings. The SMILES string of the molecule is CC1(C(=O)O)CCN(C(=O)N2CCC(OCCO)CC2)C1. The molecule has 2 N–H and O–H groups in total. The Morgan fingerprint density at radius 2 is 1.90 bits per heavy atom. The first-order valence-corrected chi connectivity index (χ1v) is 7.46. The molecule has 2 saturated heterocycles. The molecular weight excluding hydrogens is 276 g/mol. The highest BCUT2D eigenvalue weighted by atomic mass is 16.5. The van der Waals surface area contributed by atoms with E-state index in [9.17, 15) is 14.7 Å². The van der Waals surface area contributed by atoms with Gasteiger partial charge in [-0.05, 0) is 26.2 Å². The van der Waals surface area contributed by atoms with Crippen LogP contribution in [0.15, 0.2) is 0 Å². The normalized spacial score (nSPS) is 27.1. The number of carboxylic acids is 1. The summed E-state index contributed by atoms with van der Waals surface area (Å²) in [5.74, 6) is -0.839. The van der Waals surface area contributed by atoms with E-state index in [-0.39, 0.29) is 25.3 Å². The second kappa shape index (κ2) is 6.62. The standard InChI is InChI=1S/C14H24N2O5/c1-14(12(18)19)4-7-16(10-14)13(20)15-5-2-11(3-6-15)21-9-8-17/h11,17H,2-10H2,1H3,(H,18,19). The summed E-state index contributed by atoms with van der Waals surface area (Å²) in [6.07, 6.45) is 2.12. The Morgan fingerprint density at radius 1 is 1.24 bits per heavy atom. The number of likely N-dealkylation sites (tertiary alicyclic amines) is 2. The van der Waals surface area contributed by atoms with Crippen molar-refractivity contribution in [2.75, 3.05) is 39.4 Å². The molecule has 21 heavy (non-hydrogen) atoms. The number of amides is 2. The van der Waals surface area contributed by atoms with Gasteiger partial charge in [0, 0.05) is 26.2 Å². The molecule has 0 aromatic rings. The maximum absolute atomic E-state index is 12.4. The van der Waals surface area contributed by atoms with Crippen molar-refractivity contribution < 1.29 is 24.5 Å². The molecule has 2 amide bonds. The van der Waals surface area contributed by atoms with Gasteiger partial charge >= 0.3 is 12.0 Å². The lowest BCUT2D eigenvalue weighted by Crippen LogP contribution is -2.48. The molecule has 2 aliphatic heterocycles. The lowest BCUT2D eigenvalue weighted by Gasteiger charge is -2.34. The van der Waals surface area contributed by atoms with Crippen LogP contribution in [0, 0.1) is 5.41 Å². The highest BCUT2D eigenvalue weighted by Crippen LogP contribution is 2.31. The quantitative estimate of drug-likeness (QED) is 0.783. The largest absolute Gasteiger partial charge is 0.481 e. The maximum Gasteiger partial charge on any atom is 0.320 e. The Hall–Kier alpha value is -1.34. The van der Waals surface area contributed by atoms with Gasteiger partial charge in [0.2, 0.25) is 0 Å². The van der Waals surface area contributed by atoms with Crippen molar-refractivity contribution in [3.05, 3.63) is 0 Å². The summed E-state index contributed by atoms with van der Waals surface area (Å²) in [4.78, 5) is 27.0. The minimum absolute atomic E-state index is 0.0146. The van der Waals surface area contributed by atoms with E-state index in [4.69, 9.17) is 9.84 Å². The molecule has 1 unspecified atom stereocenters. The van der Waals surface area contributed by atoms with Gasteiger partial charge in [0.25, 0.3) is 0 Å². The van der Waals surface area contributed by atoms with Crippen molar-refractivity contribution in [3.8, 4) is 0 Å². The van der Waals surface area contributed by atoms with Crippen LogP contribution in [0.4, 0.5) is 4.79 Å². The van der Waals surface area contributed by atoms with Gasteiger partial charge in [0.05, 0.1) is 24.7 Å². The zero-order chi connectivity index (χ0) is 15.5. The summed E-state index contributed by atoms with van der Waals surface area (Å²) in [5, 5.41) is 17.9. The van der Waals surface area contributed by atoms with E-state index < -0.39 is 11.4 Å². The fourth-order valence-electron chi connectivity index (χ4n) is 2.93. The van der Waals surface area contributed by atoms with Crippen molar-refractivity contribution in [2.45, 2.75) is 32.3 Å². The number of aliphatic hydroxyl groups excluding tert-OH is 1. The molecule has 2 heterocycles. The molecule has 0 aromatic carbocycles. The van der Waals surface area contributed by atoms with E-state index in [0.29, 0.717) is 32.7 Å². The summed E-state index contributed by atoms with van der Waals surface area (Å²) < 4.78 is 5.47. The fraction of sp³-hybridized carbons (Fsp3) is 0.857. The third-order valence-electron chi connectivity index (χ3n) is 4.42. The third-order valence-corrected chi connectivity index (χ3v) is 4.42. The molecule has 120 valence electrons. The van der Waals surface area contributed by atoms with E-state index >= 15 is 0 Å². The molecule has 7 heteroatoms. The fourth-order valence-corrected chi connectivity index (χ4v) is 2.93. The number of carbonyl (C=O) groups excluding carboxylic acids is 1. The topological polar surface area (TPSA) is 90.3 Å². The van der Waals surface area contributed by atoms with Gasteiger partial charge < -0.3 is 24.7 Å². The summed E-state index contributed by atoms with van der Waals surface area (Å²) in [6, 6.07) is -0.0689. The van der Waals surface area contributed by atoms with E-state index in [1.807, 2.05) is 0 Å². The number of hydrogen-bond acceptors (Lipinski definition) is 4. The molecule has 0 aliphatic carbocycles. The van der Waals surface area contributed by atoms with Crippen molar-refractivity contribution in [2.24, 2.45) is 5.41 Å². The molecule has 1 atom stereocenters. The number of urea groups is 1. The highest BCUT2D eigenvalue weighted by Gasteiger charge is 2.43. The van der Waals surface area contributed by atoms with Gasteiger partial charge in [-0.2, -0.15) is 0 Å². The molecule has 0 saturated carbocycles. The van der Waals surface area contributed by atoms with Crippen molar-refractivity contribution >= 4 is 12.0 Å². The first-order valence-electron chi connectivity index (χ1n) is 7.46. The molecule has 0 radical (unpaired) electrons. The van der Waals surface area contributed by atoms with E-state index in [1.165, 1.54) is 0 Å². The lowest BCUT2D eigenvalue weighted by molar-refractivity contribution is -0.147. The number of piperidine rings is 1. The van der Waals surface area contributed by atoms with Crippen LogP contribution in [-0.4, -0.2) is 77.5 Å². The Kier molecular flexibility index (Phi) is 5.05. The van der Waals surface area contributed by atoms with Crippen LogP contribution in [0.3, 0.4) is 0 Å². The first kappa shape index (κ1) is 16.0. The van der Waals surface area contributed by atoms with Gasteiger partial charge in [-0.1, -0.05) is 0 Å². The Morgan fingerprint density at radius 3 is 2.43 bits per heavy atom. The molecule has 2 rings (SSSR count). The van der Waals surface area contributed by atoms with Gasteiger partial charge in [-0.3, -0.25) is 4.79 Å². The Bertz CT molecular complexity index is 395. The van der Waals surface area contributed by atoms with Crippen LogP contribution in [-0.2, 0) is 9.53 Å². The van der Waals surface area contributed by atoms with E-state index in [0.717, 1.165) is 12.8 Å². The summed E-state index contributed by atoms with van der Waals surface area (Å²) in [6.45, 7) is 4.06. The Balaban J connectivity index is 1.82. The van der Waals surface area contributed by atoms with Gasteiger partial charge in [0.1, 0.15) is 0 Å². The van der Waals surface area contributed by atoms with Crippen LogP contribution >= 0.6 is 0 Å². The lowest BCUT2D eigenvalue weighted by atomic mass is 9.90. The van der Waals surface area contributed by atoms with E-state index in [1.54, 1.807) is 16.7 Å². The van der Waals surface area contributed by atoms with Crippen molar-refractivity contribution in [3.63, 3.8) is 0 Å². The molecule has 0 aromatic heterocycles. The monoisotopic (exact) mass is 300 g/mol. The number of ether oxygens (including phenoxy) is 1. The first-order chi connectivity index (χ1) is 9.96. The summed E-state index contributed by atoms with van der Waals surface area (Å²) in [5.41, 5.74) is -0.821. The van der Waals surface area contributed by atoms with Crippen LogP contribution in [0.1, 0.15) is 26.2 Å². The summed E-state index contributed by atoms with van der Waals surface area (Å²) in [7, 11) is 0. The Labute approximate surface area is 124 Å². The van der Waals surface area contributed by atoms with Crippen molar-refractivity contribution in [1.29, 1.82) is 0 Å². The van der Waals surface area contributed by atoms with Gasteiger partial charge in [0.15, 0.2) is 0 Å². The minimum Gasteiger partial charge on any atom is -0.481 e. The van der Waals surface area contributed by atoms with Crippen LogP contribution < -0.4 is 0 Å². The van der Waals surface area contributed by atoms with Crippen LogP contribution in [0.25, 0.3) is 0 Å². The smallest absolute Gasteiger partial charge is 0.320 e. The molecule has 2 aliphatic rings. The average molecular weight is 300 g/mol. The predicted molar refractivity (Wildman–Crippen MR) is 75.0 cm³/mol. The number of carbonyl (C=O) groups is 2. The molecular formula is C14H24N2O5. The molecule has 0 bridgehead atoms. The predicted octanol–water partition coefficient (Wildman–Crippen LogP) is 0.376. The zero-order valence-corrected chi connectivity index (χ0v) is 12.5. The second-order valence-electron chi connectivity index (χ2n) is 6.10. The summed E-state index contributed by atoms with van der Waals surface area (Å²) >= 11 is 0. The van der Waals surface area contributed by atoms with Crippen molar-refractivity contribution in [1.82, 2.24) is 9.80 Å². The number of rotatable bonds is 4. The average Bonchev–Trinajstić information content (AvgIpc) is 2.89. The zero-order valence-electron chi connectivity index (χ0n) is 12.5. The number of nitrogens with zero attached hydrogens (tertiary/aromatic N) is 2. The van der Waals surface area contributed by atoms with Crippen LogP contribution in [0.2, 0.25) is 0 Å².